The minimum absolute atomic E-state index is 0.517. The summed E-state index contributed by atoms with van der Waals surface area (Å²) in [7, 11) is 0. The fourth-order valence-corrected chi connectivity index (χ4v) is 2.13. The number of aryl methyl sites for hydroxylation is 1. The van der Waals surface area contributed by atoms with E-state index in [1.165, 1.54) is 12.1 Å². The quantitative estimate of drug-likeness (QED) is 0.662. The number of hydrogen-bond acceptors (Lipinski definition) is 2. The summed E-state index contributed by atoms with van der Waals surface area (Å²) in [5.41, 5.74) is 8.79. The molecule has 0 saturated heterocycles. The van der Waals surface area contributed by atoms with Gasteiger partial charge in [-0.25, -0.2) is 4.98 Å². The van der Waals surface area contributed by atoms with Gasteiger partial charge >= 0.3 is 6.18 Å². The summed E-state index contributed by atoms with van der Waals surface area (Å²) >= 11 is 0. The summed E-state index contributed by atoms with van der Waals surface area (Å²) in [6.45, 7) is 1.88. The number of aromatic amines is 1. The minimum Gasteiger partial charge on any atom is -0.398 e. The number of nitrogen functional groups attached to an aromatic ring is 1. The summed E-state index contributed by atoms with van der Waals surface area (Å²) in [5, 5.41) is 0. The Labute approximate surface area is 118 Å². The average Bonchev–Trinajstić information content (AvgIpc) is 2.81. The molecule has 0 saturated carbocycles. The van der Waals surface area contributed by atoms with Crippen molar-refractivity contribution in [3.8, 4) is 11.4 Å². The maximum atomic E-state index is 12.5. The molecule has 0 fully saturated rings. The molecule has 1 heterocycles. The molecular formula is C15H12F3N3. The molecule has 3 N–H and O–H groups in total. The van der Waals surface area contributed by atoms with Crippen LogP contribution >= 0.6 is 0 Å². The van der Waals surface area contributed by atoms with E-state index in [0.717, 1.165) is 28.7 Å². The third-order valence-electron chi connectivity index (χ3n) is 3.36. The summed E-state index contributed by atoms with van der Waals surface area (Å²) in [5.74, 6) is 0.517. The van der Waals surface area contributed by atoms with E-state index in [1.807, 2.05) is 13.0 Å². The van der Waals surface area contributed by atoms with Crippen molar-refractivity contribution in [2.75, 3.05) is 5.73 Å². The molecule has 0 aliphatic heterocycles. The molecule has 3 aromatic rings. The second kappa shape index (κ2) is 4.51. The highest BCUT2D eigenvalue weighted by molar-refractivity contribution is 5.83. The Morgan fingerprint density at radius 1 is 1.10 bits per heavy atom. The largest absolute Gasteiger partial charge is 0.416 e. The van der Waals surface area contributed by atoms with Crippen LogP contribution in [0.3, 0.4) is 0 Å². The molecule has 108 valence electrons. The normalized spacial score (nSPS) is 12.0. The number of benzene rings is 2. The average molecular weight is 291 g/mol. The number of fused-ring (bicyclic) bond motifs is 1. The van der Waals surface area contributed by atoms with Crippen molar-refractivity contribution in [2.45, 2.75) is 13.1 Å². The molecule has 0 aliphatic carbocycles. The van der Waals surface area contributed by atoms with E-state index in [1.54, 1.807) is 6.07 Å². The smallest absolute Gasteiger partial charge is 0.398 e. The first-order valence-corrected chi connectivity index (χ1v) is 6.28. The number of H-pyrrole nitrogens is 1. The van der Waals surface area contributed by atoms with Crippen molar-refractivity contribution >= 4 is 16.7 Å². The van der Waals surface area contributed by atoms with E-state index in [-0.39, 0.29) is 0 Å². The lowest BCUT2D eigenvalue weighted by molar-refractivity contribution is -0.137. The Hall–Kier alpha value is -2.50. The Morgan fingerprint density at radius 2 is 1.76 bits per heavy atom. The molecule has 0 unspecified atom stereocenters. The molecule has 1 aromatic heterocycles. The van der Waals surface area contributed by atoms with E-state index in [9.17, 15) is 13.2 Å². The van der Waals surface area contributed by atoms with Crippen molar-refractivity contribution in [1.29, 1.82) is 0 Å². The molecule has 3 nitrogen and oxygen atoms in total. The standard InChI is InChI=1S/C15H12F3N3/c1-8-6-12-13(7-11(8)19)21-14(20-12)9-2-4-10(5-3-9)15(16,17)18/h2-7H,19H2,1H3,(H,20,21). The van der Waals surface area contributed by atoms with Crippen molar-refractivity contribution in [2.24, 2.45) is 0 Å². The maximum absolute atomic E-state index is 12.5. The lowest BCUT2D eigenvalue weighted by atomic mass is 10.1. The summed E-state index contributed by atoms with van der Waals surface area (Å²) < 4.78 is 37.6. The van der Waals surface area contributed by atoms with Gasteiger partial charge < -0.3 is 10.7 Å². The van der Waals surface area contributed by atoms with Gasteiger partial charge in [0.1, 0.15) is 5.82 Å². The van der Waals surface area contributed by atoms with Crippen molar-refractivity contribution < 1.29 is 13.2 Å². The van der Waals surface area contributed by atoms with Crippen LogP contribution in [-0.4, -0.2) is 9.97 Å². The first-order valence-electron chi connectivity index (χ1n) is 6.28. The minimum atomic E-state index is -4.34. The van der Waals surface area contributed by atoms with Crippen molar-refractivity contribution in [1.82, 2.24) is 9.97 Å². The summed E-state index contributed by atoms with van der Waals surface area (Å²) in [4.78, 5) is 7.45. The third-order valence-corrected chi connectivity index (χ3v) is 3.36. The molecule has 3 rings (SSSR count). The van der Waals surface area contributed by atoms with Crippen LogP contribution in [0, 0.1) is 6.92 Å². The lowest BCUT2D eigenvalue weighted by Gasteiger charge is -2.06. The van der Waals surface area contributed by atoms with Gasteiger partial charge in [0.2, 0.25) is 0 Å². The first kappa shape index (κ1) is 13.5. The van der Waals surface area contributed by atoms with Crippen LogP contribution in [0.15, 0.2) is 36.4 Å². The van der Waals surface area contributed by atoms with Gasteiger partial charge in [-0.15, -0.1) is 0 Å². The van der Waals surface area contributed by atoms with Gasteiger partial charge in [-0.3, -0.25) is 0 Å². The van der Waals surface area contributed by atoms with Gasteiger partial charge in [0.25, 0.3) is 0 Å². The van der Waals surface area contributed by atoms with Gasteiger partial charge in [-0.1, -0.05) is 12.1 Å². The highest BCUT2D eigenvalue weighted by atomic mass is 19.4. The number of imidazole rings is 1. The maximum Gasteiger partial charge on any atom is 0.416 e. The number of rotatable bonds is 1. The number of aromatic nitrogens is 2. The second-order valence-corrected chi connectivity index (χ2v) is 4.89. The molecule has 6 heteroatoms. The zero-order valence-electron chi connectivity index (χ0n) is 11.1. The Morgan fingerprint density at radius 3 is 2.38 bits per heavy atom. The summed E-state index contributed by atoms with van der Waals surface area (Å²) in [6, 6.07) is 8.50. The molecule has 2 aromatic carbocycles. The van der Waals surface area contributed by atoms with E-state index in [0.29, 0.717) is 17.1 Å². The Bertz CT molecular complexity index is 762. The van der Waals surface area contributed by atoms with Crippen molar-refractivity contribution in [3.63, 3.8) is 0 Å². The molecule has 0 amide bonds. The Balaban J connectivity index is 2.04. The highest BCUT2D eigenvalue weighted by Gasteiger charge is 2.30. The van der Waals surface area contributed by atoms with E-state index in [2.05, 4.69) is 9.97 Å². The predicted octanol–water partition coefficient (Wildman–Crippen LogP) is 4.14. The third kappa shape index (κ3) is 2.44. The number of nitrogens with two attached hydrogens (primary N) is 1. The number of anilines is 1. The van der Waals surface area contributed by atoms with Gasteiger partial charge in [-0.2, -0.15) is 13.2 Å². The number of nitrogens with zero attached hydrogens (tertiary/aromatic N) is 1. The lowest BCUT2D eigenvalue weighted by Crippen LogP contribution is -2.04. The molecule has 21 heavy (non-hydrogen) atoms. The Kier molecular flexibility index (Phi) is 2.90. The number of halogens is 3. The first-order chi connectivity index (χ1) is 9.84. The monoisotopic (exact) mass is 291 g/mol. The summed E-state index contributed by atoms with van der Waals surface area (Å²) in [6.07, 6.45) is -4.34. The van der Waals surface area contributed by atoms with E-state index in [4.69, 9.17) is 5.73 Å². The number of alkyl halides is 3. The van der Waals surface area contributed by atoms with Crippen LogP contribution < -0.4 is 5.73 Å². The molecule has 0 bridgehead atoms. The zero-order valence-corrected chi connectivity index (χ0v) is 11.1. The fourth-order valence-electron chi connectivity index (χ4n) is 2.13. The van der Waals surface area contributed by atoms with E-state index < -0.39 is 11.7 Å². The zero-order chi connectivity index (χ0) is 15.2. The SMILES string of the molecule is Cc1cc2nc(-c3ccc(C(F)(F)F)cc3)[nH]c2cc1N. The van der Waals surface area contributed by atoms with Crippen LogP contribution in [0.5, 0.6) is 0 Å². The topological polar surface area (TPSA) is 54.7 Å². The van der Waals surface area contributed by atoms with Crippen molar-refractivity contribution in [3.05, 3.63) is 47.5 Å². The molecule has 0 spiro atoms. The molecule has 0 radical (unpaired) electrons. The number of nitrogens with one attached hydrogen (secondary N) is 1. The van der Waals surface area contributed by atoms with Crippen LogP contribution in [0.1, 0.15) is 11.1 Å². The van der Waals surface area contributed by atoms with Crippen LogP contribution in [-0.2, 0) is 6.18 Å². The van der Waals surface area contributed by atoms with Gasteiger partial charge in [-0.05, 0) is 36.8 Å². The van der Waals surface area contributed by atoms with Gasteiger partial charge in [0.15, 0.2) is 0 Å². The van der Waals surface area contributed by atoms with Crippen LogP contribution in [0.25, 0.3) is 22.4 Å². The van der Waals surface area contributed by atoms with Crippen LogP contribution in [0.4, 0.5) is 18.9 Å². The second-order valence-electron chi connectivity index (χ2n) is 4.89. The molecule has 0 atom stereocenters. The van der Waals surface area contributed by atoms with Crippen LogP contribution in [0.2, 0.25) is 0 Å². The predicted molar refractivity (Wildman–Crippen MR) is 75.7 cm³/mol. The van der Waals surface area contributed by atoms with Gasteiger partial charge in [0.05, 0.1) is 16.6 Å². The fraction of sp³-hybridized carbons (Fsp3) is 0.133. The molecular weight excluding hydrogens is 279 g/mol. The number of hydrogen-bond donors (Lipinski definition) is 2. The molecule has 0 aliphatic rings. The highest BCUT2D eigenvalue weighted by Crippen LogP contribution is 2.31. The van der Waals surface area contributed by atoms with E-state index >= 15 is 0 Å². The van der Waals surface area contributed by atoms with Gasteiger partial charge in [0, 0.05) is 11.3 Å².